The molecule has 1 amide bonds. The fourth-order valence-corrected chi connectivity index (χ4v) is 1.79. The molecule has 0 aliphatic rings. The van der Waals surface area contributed by atoms with Gasteiger partial charge in [-0.15, -0.1) is 0 Å². The number of aromatic nitrogens is 1. The molecule has 19 heavy (non-hydrogen) atoms. The van der Waals surface area contributed by atoms with Crippen LogP contribution < -0.4 is 11.1 Å². The molecule has 0 bridgehead atoms. The van der Waals surface area contributed by atoms with Gasteiger partial charge in [0, 0.05) is 13.5 Å². The molecule has 2 aromatic rings. The quantitative estimate of drug-likeness (QED) is 0.711. The Morgan fingerprint density at radius 2 is 2.37 bits per heavy atom. The maximum atomic E-state index is 11.4. The molecule has 0 spiro atoms. The molecule has 1 atom stereocenters. The number of fused-ring (bicyclic) bond motifs is 1. The van der Waals surface area contributed by atoms with Crippen molar-refractivity contribution in [3.05, 3.63) is 29.7 Å². The van der Waals surface area contributed by atoms with Crippen LogP contribution in [0.2, 0.25) is 0 Å². The van der Waals surface area contributed by atoms with Gasteiger partial charge in [0.15, 0.2) is 11.5 Å². The Kier molecular flexibility index (Phi) is 4.13. The van der Waals surface area contributed by atoms with E-state index in [9.17, 15) is 4.79 Å². The summed E-state index contributed by atoms with van der Waals surface area (Å²) in [7, 11) is 0. The summed E-state index contributed by atoms with van der Waals surface area (Å²) in [5.74, 6) is 0.287. The molecule has 1 aromatic heterocycles. The molecule has 102 valence electrons. The summed E-state index contributed by atoms with van der Waals surface area (Å²) >= 11 is 0. The van der Waals surface area contributed by atoms with Crippen LogP contribution in [0.5, 0.6) is 0 Å². The largest absolute Gasteiger partial charge is 0.441 e. The number of benzene rings is 1. The minimum absolute atomic E-state index is 0.346. The highest BCUT2D eigenvalue weighted by Crippen LogP contribution is 2.16. The van der Waals surface area contributed by atoms with Gasteiger partial charge in [0.25, 0.3) is 0 Å². The number of oxazole rings is 1. The first-order valence-corrected chi connectivity index (χ1v) is 6.10. The van der Waals surface area contributed by atoms with Crippen molar-refractivity contribution in [1.29, 1.82) is 0 Å². The van der Waals surface area contributed by atoms with E-state index in [1.165, 1.54) is 0 Å². The zero-order valence-corrected chi connectivity index (χ0v) is 10.7. The second-order valence-electron chi connectivity index (χ2n) is 4.37. The Balaban J connectivity index is 1.92. The van der Waals surface area contributed by atoms with Crippen LogP contribution in [0.4, 0.5) is 0 Å². The summed E-state index contributed by atoms with van der Waals surface area (Å²) in [6, 6.07) is 4.88. The molecule has 0 fully saturated rings. The molecular weight excluding hydrogens is 246 g/mol. The Labute approximate surface area is 110 Å². The van der Waals surface area contributed by atoms with Crippen molar-refractivity contribution in [1.82, 2.24) is 10.3 Å². The van der Waals surface area contributed by atoms with Gasteiger partial charge in [-0.3, -0.25) is 4.79 Å². The van der Waals surface area contributed by atoms with Crippen LogP contribution in [0, 0.1) is 6.92 Å². The second-order valence-corrected chi connectivity index (χ2v) is 4.37. The van der Waals surface area contributed by atoms with Gasteiger partial charge in [-0.25, -0.2) is 4.98 Å². The number of carbonyl (C=O) groups excluding carboxylic acids is 1. The van der Waals surface area contributed by atoms with Crippen molar-refractivity contribution in [2.45, 2.75) is 19.4 Å². The van der Waals surface area contributed by atoms with Crippen LogP contribution in [0.25, 0.3) is 11.1 Å². The molecule has 1 heterocycles. The number of carbonyl (C=O) groups is 1. The summed E-state index contributed by atoms with van der Waals surface area (Å²) in [5.41, 5.74) is 8.01. The van der Waals surface area contributed by atoms with Crippen molar-refractivity contribution < 1.29 is 14.3 Å². The lowest BCUT2D eigenvalue weighted by Gasteiger charge is -2.09. The standard InChI is InChI=1S/C13H17N3O3/c1-8-16-11-6-9(2-3-12(11)19-8)4-5-15-13(18)10(14)7-17/h2-3,6,10,17H,4-5,7,14H2,1H3,(H,15,18). The number of amides is 1. The molecule has 1 aromatic carbocycles. The highest BCUT2D eigenvalue weighted by Gasteiger charge is 2.10. The van der Waals surface area contributed by atoms with Gasteiger partial charge in [-0.2, -0.15) is 0 Å². The SMILES string of the molecule is Cc1nc2cc(CCNC(=O)C(N)CO)ccc2o1. The van der Waals surface area contributed by atoms with E-state index < -0.39 is 6.04 Å². The van der Waals surface area contributed by atoms with Crippen molar-refractivity contribution >= 4 is 17.0 Å². The van der Waals surface area contributed by atoms with Gasteiger partial charge in [0.2, 0.25) is 5.91 Å². The Morgan fingerprint density at radius 1 is 1.58 bits per heavy atom. The third-order valence-electron chi connectivity index (χ3n) is 2.81. The Morgan fingerprint density at radius 3 is 3.11 bits per heavy atom. The van der Waals surface area contributed by atoms with Gasteiger partial charge < -0.3 is 20.6 Å². The number of rotatable bonds is 5. The van der Waals surface area contributed by atoms with Gasteiger partial charge in [-0.05, 0) is 24.1 Å². The normalized spacial score (nSPS) is 12.6. The molecule has 6 nitrogen and oxygen atoms in total. The molecule has 0 aliphatic carbocycles. The third kappa shape index (κ3) is 3.30. The predicted molar refractivity (Wildman–Crippen MR) is 70.5 cm³/mol. The van der Waals surface area contributed by atoms with Crippen LogP contribution in [0.1, 0.15) is 11.5 Å². The second kappa shape index (κ2) is 5.81. The summed E-state index contributed by atoms with van der Waals surface area (Å²) in [6.07, 6.45) is 0.672. The fourth-order valence-electron chi connectivity index (χ4n) is 1.79. The summed E-state index contributed by atoms with van der Waals surface area (Å²) in [5, 5.41) is 11.4. The molecule has 4 N–H and O–H groups in total. The van der Waals surface area contributed by atoms with Gasteiger partial charge in [-0.1, -0.05) is 6.07 Å². The third-order valence-corrected chi connectivity index (χ3v) is 2.81. The molecular formula is C13H17N3O3. The number of aliphatic hydroxyl groups excluding tert-OH is 1. The predicted octanol–water partition coefficient (Wildman–Crippen LogP) is 0.115. The van der Waals surface area contributed by atoms with Crippen LogP contribution >= 0.6 is 0 Å². The average molecular weight is 263 g/mol. The number of hydrogen-bond donors (Lipinski definition) is 3. The smallest absolute Gasteiger partial charge is 0.239 e. The number of nitrogens with zero attached hydrogens (tertiary/aromatic N) is 1. The molecule has 0 radical (unpaired) electrons. The molecule has 0 saturated carbocycles. The highest BCUT2D eigenvalue weighted by atomic mass is 16.3. The van der Waals surface area contributed by atoms with E-state index in [0.717, 1.165) is 16.7 Å². The average Bonchev–Trinajstić information content (AvgIpc) is 2.77. The molecule has 0 saturated heterocycles. The highest BCUT2D eigenvalue weighted by molar-refractivity contribution is 5.81. The van der Waals surface area contributed by atoms with E-state index in [1.54, 1.807) is 6.92 Å². The number of nitrogens with one attached hydrogen (secondary N) is 1. The monoisotopic (exact) mass is 263 g/mol. The molecule has 2 rings (SSSR count). The maximum Gasteiger partial charge on any atom is 0.239 e. The van der Waals surface area contributed by atoms with Crippen molar-refractivity contribution in [2.75, 3.05) is 13.2 Å². The molecule has 0 aliphatic heterocycles. The number of nitrogens with two attached hydrogens (primary N) is 1. The van der Waals surface area contributed by atoms with Crippen molar-refractivity contribution in [3.63, 3.8) is 0 Å². The minimum atomic E-state index is -0.860. The topological polar surface area (TPSA) is 101 Å². The Bertz CT molecular complexity index is 580. The molecule has 6 heteroatoms. The lowest BCUT2D eigenvalue weighted by Crippen LogP contribution is -2.43. The number of hydrogen-bond acceptors (Lipinski definition) is 5. The van der Waals surface area contributed by atoms with E-state index in [2.05, 4.69) is 10.3 Å². The fraction of sp³-hybridized carbons (Fsp3) is 0.385. The van der Waals surface area contributed by atoms with E-state index >= 15 is 0 Å². The number of aliphatic hydroxyl groups is 1. The molecule has 1 unspecified atom stereocenters. The summed E-state index contributed by atoms with van der Waals surface area (Å²) in [6.45, 7) is 1.92. The number of aryl methyl sites for hydroxylation is 1. The van der Waals surface area contributed by atoms with E-state index in [0.29, 0.717) is 18.9 Å². The lowest BCUT2D eigenvalue weighted by atomic mass is 10.1. The maximum absolute atomic E-state index is 11.4. The first-order chi connectivity index (χ1) is 9.10. The Hall–Kier alpha value is -1.92. The van der Waals surface area contributed by atoms with E-state index in [-0.39, 0.29) is 12.5 Å². The first kappa shape index (κ1) is 13.5. The zero-order valence-electron chi connectivity index (χ0n) is 10.7. The van der Waals surface area contributed by atoms with E-state index in [4.69, 9.17) is 15.3 Å². The van der Waals surface area contributed by atoms with Crippen molar-refractivity contribution in [2.24, 2.45) is 5.73 Å². The summed E-state index contributed by atoms with van der Waals surface area (Å²) < 4.78 is 5.39. The van der Waals surface area contributed by atoms with Gasteiger partial charge in [0.1, 0.15) is 11.6 Å². The van der Waals surface area contributed by atoms with E-state index in [1.807, 2.05) is 18.2 Å². The van der Waals surface area contributed by atoms with Gasteiger partial charge >= 0.3 is 0 Å². The van der Waals surface area contributed by atoms with Crippen LogP contribution in [-0.4, -0.2) is 35.2 Å². The zero-order chi connectivity index (χ0) is 13.8. The summed E-state index contributed by atoms with van der Waals surface area (Å²) in [4.78, 5) is 15.6. The van der Waals surface area contributed by atoms with Crippen LogP contribution in [-0.2, 0) is 11.2 Å². The minimum Gasteiger partial charge on any atom is -0.441 e. The van der Waals surface area contributed by atoms with Crippen LogP contribution in [0.15, 0.2) is 22.6 Å². The lowest BCUT2D eigenvalue weighted by molar-refractivity contribution is -0.123. The van der Waals surface area contributed by atoms with Crippen LogP contribution in [0.3, 0.4) is 0 Å². The van der Waals surface area contributed by atoms with Crippen molar-refractivity contribution in [3.8, 4) is 0 Å². The van der Waals surface area contributed by atoms with Gasteiger partial charge in [0.05, 0.1) is 6.61 Å². The first-order valence-electron chi connectivity index (χ1n) is 6.10.